The molecule has 1 N–H and O–H groups in total. The largest absolute Gasteiger partial charge is 0.376 e. The lowest BCUT2D eigenvalue weighted by Gasteiger charge is -2.44. The zero-order chi connectivity index (χ0) is 15.8. The van der Waals surface area contributed by atoms with Gasteiger partial charge in [0, 0.05) is 22.9 Å². The molecule has 118 valence electrons. The highest BCUT2D eigenvalue weighted by Crippen LogP contribution is 2.34. The first-order chi connectivity index (χ1) is 10.4. The Morgan fingerprint density at radius 1 is 1.36 bits per heavy atom. The van der Waals surface area contributed by atoms with E-state index in [-0.39, 0.29) is 23.0 Å². The number of rotatable bonds is 5. The molecule has 0 spiro atoms. The van der Waals surface area contributed by atoms with Gasteiger partial charge in [-0.05, 0) is 11.5 Å². The Hall–Kier alpha value is -1.28. The van der Waals surface area contributed by atoms with Crippen molar-refractivity contribution in [3.63, 3.8) is 0 Å². The van der Waals surface area contributed by atoms with Gasteiger partial charge in [-0.2, -0.15) is 4.37 Å². The van der Waals surface area contributed by atoms with Crippen LogP contribution in [-0.4, -0.2) is 32.0 Å². The Morgan fingerprint density at radius 3 is 2.68 bits per heavy atom. The summed E-state index contributed by atoms with van der Waals surface area (Å²) in [6, 6.07) is 9.32. The number of hydrogen-bond donors (Lipinski definition) is 1. The van der Waals surface area contributed by atoms with Gasteiger partial charge in [-0.15, -0.1) is 0 Å². The van der Waals surface area contributed by atoms with Crippen molar-refractivity contribution in [3.05, 3.63) is 35.7 Å². The van der Waals surface area contributed by atoms with Gasteiger partial charge >= 0.3 is 0 Å². The molecule has 22 heavy (non-hydrogen) atoms. The van der Waals surface area contributed by atoms with Gasteiger partial charge in [-0.1, -0.05) is 44.2 Å². The molecule has 1 saturated heterocycles. The Balaban J connectivity index is 1.80. The maximum atomic E-state index is 12.5. The van der Waals surface area contributed by atoms with E-state index in [0.29, 0.717) is 12.3 Å². The van der Waals surface area contributed by atoms with Gasteiger partial charge in [-0.25, -0.2) is 13.1 Å². The molecule has 2 aromatic rings. The van der Waals surface area contributed by atoms with Gasteiger partial charge in [0.1, 0.15) is 10.6 Å². The summed E-state index contributed by atoms with van der Waals surface area (Å²) in [6.45, 7) is 5.07. The molecule has 2 heterocycles. The number of benzene rings is 1. The zero-order valence-corrected chi connectivity index (χ0v) is 14.1. The second kappa shape index (κ2) is 5.73. The SMILES string of the molecule is CC1(C)COC1CNS(=O)(=O)c1csnc1-c1ccccc1. The van der Waals surface area contributed by atoms with Crippen LogP contribution in [0.3, 0.4) is 0 Å². The van der Waals surface area contributed by atoms with Crippen LogP contribution in [0.25, 0.3) is 11.3 Å². The molecule has 5 nitrogen and oxygen atoms in total. The highest BCUT2D eigenvalue weighted by molar-refractivity contribution is 7.89. The van der Waals surface area contributed by atoms with Crippen molar-refractivity contribution < 1.29 is 13.2 Å². The van der Waals surface area contributed by atoms with Crippen LogP contribution in [0.2, 0.25) is 0 Å². The first-order valence-corrected chi connectivity index (χ1v) is 9.33. The zero-order valence-electron chi connectivity index (χ0n) is 12.4. The first kappa shape index (κ1) is 15.6. The lowest BCUT2D eigenvalue weighted by Crippen LogP contribution is -2.53. The molecule has 3 rings (SSSR count). The van der Waals surface area contributed by atoms with E-state index in [2.05, 4.69) is 22.9 Å². The van der Waals surface area contributed by atoms with Crippen LogP contribution in [0, 0.1) is 5.41 Å². The Kier molecular flexibility index (Phi) is 4.07. The normalized spacial score (nSPS) is 20.5. The van der Waals surface area contributed by atoms with E-state index in [0.717, 1.165) is 17.1 Å². The summed E-state index contributed by atoms with van der Waals surface area (Å²) in [5.74, 6) is 0. The van der Waals surface area contributed by atoms with Gasteiger partial charge < -0.3 is 4.74 Å². The van der Waals surface area contributed by atoms with Crippen molar-refractivity contribution in [2.75, 3.05) is 13.2 Å². The van der Waals surface area contributed by atoms with Gasteiger partial charge in [0.05, 0.1) is 12.7 Å². The van der Waals surface area contributed by atoms with Crippen LogP contribution in [0.4, 0.5) is 0 Å². The van der Waals surface area contributed by atoms with Crippen molar-refractivity contribution in [1.29, 1.82) is 0 Å². The van der Waals surface area contributed by atoms with E-state index in [1.807, 2.05) is 30.3 Å². The standard InChI is InChI=1S/C15H18N2O3S2/c1-15(2)10-20-13(15)8-16-22(18,19)12-9-21-17-14(12)11-6-4-3-5-7-11/h3-7,9,13,16H,8,10H2,1-2H3. The Morgan fingerprint density at radius 2 is 2.09 bits per heavy atom. The molecule has 0 radical (unpaired) electrons. The third-order valence-electron chi connectivity index (χ3n) is 3.86. The minimum absolute atomic E-state index is 0.0116. The fraction of sp³-hybridized carbons (Fsp3) is 0.400. The van der Waals surface area contributed by atoms with Crippen molar-refractivity contribution in [3.8, 4) is 11.3 Å². The van der Waals surface area contributed by atoms with E-state index < -0.39 is 10.0 Å². The minimum Gasteiger partial charge on any atom is -0.376 e. The number of nitrogens with one attached hydrogen (secondary N) is 1. The van der Waals surface area contributed by atoms with Crippen molar-refractivity contribution >= 4 is 21.6 Å². The van der Waals surface area contributed by atoms with Crippen LogP contribution in [0.5, 0.6) is 0 Å². The number of sulfonamides is 1. The number of aromatic nitrogens is 1. The topological polar surface area (TPSA) is 68.3 Å². The summed E-state index contributed by atoms with van der Waals surface area (Å²) in [5, 5.41) is 1.57. The van der Waals surface area contributed by atoms with Gasteiger partial charge in [0.2, 0.25) is 10.0 Å². The molecular weight excluding hydrogens is 320 g/mol. The molecule has 1 aromatic carbocycles. The van der Waals surface area contributed by atoms with Crippen molar-refractivity contribution in [2.24, 2.45) is 5.41 Å². The molecule has 1 aliphatic heterocycles. The second-order valence-corrected chi connectivity index (χ2v) is 8.40. The van der Waals surface area contributed by atoms with E-state index in [1.54, 1.807) is 5.38 Å². The number of ether oxygens (including phenoxy) is 1. The molecule has 1 fully saturated rings. The molecule has 7 heteroatoms. The third kappa shape index (κ3) is 2.94. The maximum Gasteiger partial charge on any atom is 0.243 e. The summed E-state index contributed by atoms with van der Waals surface area (Å²) in [7, 11) is -3.60. The van der Waals surface area contributed by atoms with Crippen LogP contribution in [0.15, 0.2) is 40.6 Å². The summed E-state index contributed by atoms with van der Waals surface area (Å²) >= 11 is 1.14. The molecular formula is C15H18N2O3S2. The van der Waals surface area contributed by atoms with E-state index in [1.165, 1.54) is 0 Å². The lowest BCUT2D eigenvalue weighted by atomic mass is 9.83. The molecule has 1 atom stereocenters. The quantitative estimate of drug-likeness (QED) is 0.909. The van der Waals surface area contributed by atoms with Crippen molar-refractivity contribution in [2.45, 2.75) is 24.8 Å². The molecule has 0 bridgehead atoms. The van der Waals surface area contributed by atoms with Crippen LogP contribution in [0.1, 0.15) is 13.8 Å². The fourth-order valence-corrected chi connectivity index (χ4v) is 4.55. The Bertz CT molecular complexity index is 754. The van der Waals surface area contributed by atoms with E-state index in [9.17, 15) is 8.42 Å². The summed E-state index contributed by atoms with van der Waals surface area (Å²) in [6.07, 6.45) is -0.0888. The van der Waals surface area contributed by atoms with Crippen molar-refractivity contribution in [1.82, 2.24) is 9.10 Å². The van der Waals surface area contributed by atoms with Gasteiger partial charge in [0.15, 0.2) is 0 Å². The van der Waals surface area contributed by atoms with Crippen LogP contribution >= 0.6 is 11.5 Å². The molecule has 0 aliphatic carbocycles. The van der Waals surface area contributed by atoms with E-state index >= 15 is 0 Å². The molecule has 0 amide bonds. The van der Waals surface area contributed by atoms with Gasteiger partial charge in [0.25, 0.3) is 0 Å². The molecule has 1 aromatic heterocycles. The number of hydrogen-bond acceptors (Lipinski definition) is 5. The van der Waals surface area contributed by atoms with Gasteiger partial charge in [-0.3, -0.25) is 0 Å². The number of nitrogens with zero attached hydrogens (tertiary/aromatic N) is 1. The lowest BCUT2D eigenvalue weighted by molar-refractivity contribution is -0.162. The molecule has 1 aliphatic rings. The second-order valence-electron chi connectivity index (χ2n) is 6.03. The smallest absolute Gasteiger partial charge is 0.243 e. The average Bonchev–Trinajstić information content (AvgIpc) is 2.97. The molecule has 0 saturated carbocycles. The maximum absolute atomic E-state index is 12.5. The third-order valence-corrected chi connectivity index (χ3v) is 6.08. The highest BCUT2D eigenvalue weighted by Gasteiger charge is 2.40. The predicted octanol–water partition coefficient (Wildman–Crippen LogP) is 2.51. The first-order valence-electron chi connectivity index (χ1n) is 7.01. The van der Waals surface area contributed by atoms with E-state index in [4.69, 9.17) is 4.74 Å². The summed E-state index contributed by atoms with van der Waals surface area (Å²) in [5.41, 5.74) is 1.30. The monoisotopic (exact) mass is 338 g/mol. The van der Waals surface area contributed by atoms with Crippen LogP contribution < -0.4 is 4.72 Å². The Labute approximate surface area is 134 Å². The average molecular weight is 338 g/mol. The fourth-order valence-electron chi connectivity index (χ4n) is 2.34. The predicted molar refractivity (Wildman–Crippen MR) is 86.3 cm³/mol. The van der Waals surface area contributed by atoms with Crippen LogP contribution in [-0.2, 0) is 14.8 Å². The summed E-state index contributed by atoms with van der Waals surface area (Å²) in [4.78, 5) is 0.223. The summed E-state index contributed by atoms with van der Waals surface area (Å²) < 4.78 is 37.4. The molecule has 1 unspecified atom stereocenters. The minimum atomic E-state index is -3.60. The highest BCUT2D eigenvalue weighted by atomic mass is 32.2.